The number of carbonyl (C=O) groups is 2. The van der Waals surface area contributed by atoms with E-state index in [1.807, 2.05) is 0 Å². The Labute approximate surface area is 368 Å². The van der Waals surface area contributed by atoms with Gasteiger partial charge in [0.15, 0.2) is 0 Å². The highest BCUT2D eigenvalue weighted by Crippen LogP contribution is 2.42. The van der Waals surface area contributed by atoms with Crippen LogP contribution in [0.25, 0.3) is 0 Å². The highest BCUT2D eigenvalue weighted by Gasteiger charge is 2.23. The SMILES string of the molecule is CCCCC/C=C\C/C=C\C/C=C\C/C=C\CCCCCCCCCC(=O)OCC(O)COP(=O)(O)OCCNC(=O)CCCCCCCCCCCCCCCCCC. The second-order valence-corrected chi connectivity index (χ2v) is 17.9. The van der Waals surface area contributed by atoms with Gasteiger partial charge in [0.2, 0.25) is 5.91 Å². The highest BCUT2D eigenvalue weighted by molar-refractivity contribution is 7.47. The van der Waals surface area contributed by atoms with Crippen LogP contribution in [0, 0.1) is 0 Å². The summed E-state index contributed by atoms with van der Waals surface area (Å²) in [5.41, 5.74) is 0. The summed E-state index contributed by atoms with van der Waals surface area (Å²) in [5, 5.41) is 12.7. The second-order valence-electron chi connectivity index (χ2n) is 16.4. The molecule has 350 valence electrons. The zero-order valence-corrected chi connectivity index (χ0v) is 39.5. The molecule has 60 heavy (non-hydrogen) atoms. The molecule has 0 fully saturated rings. The molecule has 0 aliphatic heterocycles. The minimum atomic E-state index is -4.42. The summed E-state index contributed by atoms with van der Waals surface area (Å²) in [5.74, 6) is -0.522. The zero-order chi connectivity index (χ0) is 43.9. The minimum absolute atomic E-state index is 0.0819. The van der Waals surface area contributed by atoms with Crippen molar-refractivity contribution in [3.05, 3.63) is 48.6 Å². The van der Waals surface area contributed by atoms with Crippen LogP contribution < -0.4 is 5.32 Å². The molecule has 0 saturated carbocycles. The zero-order valence-electron chi connectivity index (χ0n) is 38.7. The number of allylic oxidation sites excluding steroid dienone is 8. The van der Waals surface area contributed by atoms with Gasteiger partial charge in [-0.25, -0.2) is 4.57 Å². The summed E-state index contributed by atoms with van der Waals surface area (Å²) >= 11 is 0. The lowest BCUT2D eigenvalue weighted by molar-refractivity contribution is -0.147. The van der Waals surface area contributed by atoms with Crippen LogP contribution in [0.4, 0.5) is 0 Å². The first-order valence-electron chi connectivity index (χ1n) is 24.6. The summed E-state index contributed by atoms with van der Waals surface area (Å²) in [4.78, 5) is 34.0. The summed E-state index contributed by atoms with van der Waals surface area (Å²) in [6.07, 6.45) is 54.7. The number of aliphatic hydroxyl groups excluding tert-OH is 1. The maximum Gasteiger partial charge on any atom is 0.472 e. The maximum atomic E-state index is 12.1. The van der Waals surface area contributed by atoms with Crippen molar-refractivity contribution in [3.63, 3.8) is 0 Å². The van der Waals surface area contributed by atoms with Crippen molar-refractivity contribution < 1.29 is 37.9 Å². The molecule has 2 unspecified atom stereocenters. The number of ether oxygens (including phenoxy) is 1. The van der Waals surface area contributed by atoms with Gasteiger partial charge in [0, 0.05) is 19.4 Å². The van der Waals surface area contributed by atoms with E-state index in [0.717, 1.165) is 70.6 Å². The van der Waals surface area contributed by atoms with E-state index < -0.39 is 26.5 Å². The first kappa shape index (κ1) is 58.0. The van der Waals surface area contributed by atoms with Gasteiger partial charge in [-0.2, -0.15) is 0 Å². The topological polar surface area (TPSA) is 131 Å². The van der Waals surface area contributed by atoms with Crippen LogP contribution in [0.1, 0.15) is 226 Å². The molecule has 2 atom stereocenters. The summed E-state index contributed by atoms with van der Waals surface area (Å²) < 4.78 is 27.0. The molecule has 10 heteroatoms. The Bertz CT molecular complexity index is 1120. The van der Waals surface area contributed by atoms with E-state index in [9.17, 15) is 24.2 Å². The quantitative estimate of drug-likeness (QED) is 0.0239. The normalized spacial score (nSPS) is 13.6. The Hall–Kier alpha value is -2.03. The first-order valence-corrected chi connectivity index (χ1v) is 26.1. The van der Waals surface area contributed by atoms with Crippen molar-refractivity contribution in [2.45, 2.75) is 232 Å². The van der Waals surface area contributed by atoms with E-state index >= 15 is 0 Å². The number of rotatable bonds is 46. The molecule has 0 saturated heterocycles. The van der Waals surface area contributed by atoms with Crippen LogP contribution >= 0.6 is 7.82 Å². The van der Waals surface area contributed by atoms with Gasteiger partial charge in [-0.3, -0.25) is 18.6 Å². The highest BCUT2D eigenvalue weighted by atomic mass is 31.2. The van der Waals surface area contributed by atoms with Crippen molar-refractivity contribution in [2.24, 2.45) is 0 Å². The Balaban J connectivity index is 3.59. The number of phosphoric ester groups is 1. The van der Waals surface area contributed by atoms with Crippen LogP contribution in [0.3, 0.4) is 0 Å². The molecule has 0 bridgehead atoms. The van der Waals surface area contributed by atoms with E-state index in [2.05, 4.69) is 67.8 Å². The molecule has 3 N–H and O–H groups in total. The van der Waals surface area contributed by atoms with E-state index in [-0.39, 0.29) is 32.1 Å². The van der Waals surface area contributed by atoms with Crippen LogP contribution in [0.5, 0.6) is 0 Å². The van der Waals surface area contributed by atoms with Gasteiger partial charge in [-0.1, -0.05) is 204 Å². The molecule has 0 aliphatic rings. The lowest BCUT2D eigenvalue weighted by Crippen LogP contribution is -2.27. The Morgan fingerprint density at radius 1 is 0.517 bits per heavy atom. The number of unbranched alkanes of at least 4 members (excludes halogenated alkanes) is 25. The fraction of sp³-hybridized carbons (Fsp3) is 0.800. The molecule has 0 rings (SSSR count). The summed E-state index contributed by atoms with van der Waals surface area (Å²) in [6.45, 7) is 3.54. The van der Waals surface area contributed by atoms with Gasteiger partial charge in [0.05, 0.1) is 13.2 Å². The van der Waals surface area contributed by atoms with Gasteiger partial charge in [-0.05, 0) is 57.8 Å². The molecule has 9 nitrogen and oxygen atoms in total. The van der Waals surface area contributed by atoms with E-state index in [0.29, 0.717) is 6.42 Å². The Kier molecular flexibility index (Phi) is 44.9. The van der Waals surface area contributed by atoms with Gasteiger partial charge in [0.1, 0.15) is 12.7 Å². The fourth-order valence-electron chi connectivity index (χ4n) is 6.78. The number of carbonyl (C=O) groups excluding carboxylic acids is 2. The predicted molar refractivity (Wildman–Crippen MR) is 252 cm³/mol. The third kappa shape index (κ3) is 47.0. The predicted octanol–water partition coefficient (Wildman–Crippen LogP) is 14.3. The smallest absolute Gasteiger partial charge is 0.463 e. The number of phosphoric acid groups is 1. The van der Waals surface area contributed by atoms with Crippen molar-refractivity contribution in [2.75, 3.05) is 26.4 Å². The monoisotopic (exact) mass is 866 g/mol. The van der Waals surface area contributed by atoms with E-state index in [1.165, 1.54) is 128 Å². The third-order valence-electron chi connectivity index (χ3n) is 10.5. The Morgan fingerprint density at radius 2 is 0.900 bits per heavy atom. The lowest BCUT2D eigenvalue weighted by Gasteiger charge is -2.15. The van der Waals surface area contributed by atoms with Crippen molar-refractivity contribution >= 4 is 19.7 Å². The molecule has 0 aromatic carbocycles. The molecule has 0 spiro atoms. The number of hydrogen-bond donors (Lipinski definition) is 3. The standard InChI is InChI=1S/C50H92NO8P/c1-3-5-7-9-11-13-15-17-19-21-22-23-24-25-26-27-29-31-33-35-37-39-41-43-50(54)57-46-48(52)47-59-60(55,56)58-45-44-51-49(53)42-40-38-36-34-32-30-28-20-18-16-14-12-10-8-6-4-2/h11,13,17,19,22-23,25-26,48,52H,3-10,12,14-16,18,20-21,24,27-47H2,1-2H3,(H,51,53)(H,55,56)/b13-11-,19-17-,23-22-,26-25-. The molecule has 0 aliphatic carbocycles. The number of amides is 1. The molecule has 0 heterocycles. The lowest BCUT2D eigenvalue weighted by atomic mass is 10.0. The average Bonchev–Trinajstić information content (AvgIpc) is 3.23. The summed E-state index contributed by atoms with van der Waals surface area (Å²) in [7, 11) is -4.42. The number of hydrogen-bond acceptors (Lipinski definition) is 7. The molecule has 0 aromatic rings. The number of nitrogens with one attached hydrogen (secondary N) is 1. The molecule has 0 aromatic heterocycles. The molecular formula is C50H92NO8P. The average molecular weight is 866 g/mol. The van der Waals surface area contributed by atoms with Crippen LogP contribution in [0.2, 0.25) is 0 Å². The maximum absolute atomic E-state index is 12.1. The van der Waals surface area contributed by atoms with Crippen molar-refractivity contribution in [1.82, 2.24) is 5.32 Å². The summed E-state index contributed by atoms with van der Waals surface area (Å²) in [6, 6.07) is 0. The number of esters is 1. The largest absolute Gasteiger partial charge is 0.472 e. The number of aliphatic hydroxyl groups is 1. The van der Waals surface area contributed by atoms with Gasteiger partial charge < -0.3 is 20.1 Å². The van der Waals surface area contributed by atoms with Crippen molar-refractivity contribution in [1.29, 1.82) is 0 Å². The first-order chi connectivity index (χ1) is 29.3. The molecule has 1 amide bonds. The fourth-order valence-corrected chi connectivity index (χ4v) is 7.53. The van der Waals surface area contributed by atoms with Gasteiger partial charge >= 0.3 is 13.8 Å². The van der Waals surface area contributed by atoms with Gasteiger partial charge in [-0.15, -0.1) is 0 Å². The van der Waals surface area contributed by atoms with Crippen molar-refractivity contribution in [3.8, 4) is 0 Å². The van der Waals surface area contributed by atoms with E-state index in [4.69, 9.17) is 13.8 Å². The van der Waals surface area contributed by atoms with Crippen LogP contribution in [0.15, 0.2) is 48.6 Å². The minimum Gasteiger partial charge on any atom is -0.463 e. The molecule has 0 radical (unpaired) electrons. The van der Waals surface area contributed by atoms with Gasteiger partial charge in [0.25, 0.3) is 0 Å². The van der Waals surface area contributed by atoms with Crippen LogP contribution in [-0.2, 0) is 27.9 Å². The van der Waals surface area contributed by atoms with Crippen LogP contribution in [-0.4, -0.2) is 54.3 Å². The Morgan fingerprint density at radius 3 is 1.38 bits per heavy atom. The third-order valence-corrected chi connectivity index (χ3v) is 11.5. The van der Waals surface area contributed by atoms with E-state index in [1.54, 1.807) is 0 Å². The molecular weight excluding hydrogens is 774 g/mol. The second kappa shape index (κ2) is 46.5.